The molecular weight excluding hydrogens is 545 g/mol. The van der Waals surface area contributed by atoms with Crippen LogP contribution in [-0.4, -0.2) is 30.8 Å². The lowest BCUT2D eigenvalue weighted by molar-refractivity contribution is -0.117. The Hall–Kier alpha value is -3.64. The minimum atomic E-state index is -0.654. The Morgan fingerprint density at radius 3 is 2.50 bits per heavy atom. The van der Waals surface area contributed by atoms with Crippen LogP contribution in [0.25, 0.3) is 0 Å². The number of carbonyl (C=O) groups excluding carboxylic acids is 2. The zero-order valence-corrected chi connectivity index (χ0v) is 22.9. The van der Waals surface area contributed by atoms with Crippen molar-refractivity contribution < 1.29 is 19.1 Å². The van der Waals surface area contributed by atoms with Gasteiger partial charge in [-0.25, -0.2) is 0 Å². The van der Waals surface area contributed by atoms with Gasteiger partial charge in [0, 0.05) is 5.69 Å². The van der Waals surface area contributed by atoms with E-state index in [2.05, 4.69) is 5.32 Å². The molecule has 194 valence electrons. The van der Waals surface area contributed by atoms with Crippen molar-refractivity contribution in [2.45, 2.75) is 18.6 Å². The molecule has 2 amide bonds. The summed E-state index contributed by atoms with van der Waals surface area (Å²) in [6, 6.07) is 21.0. The molecule has 1 aliphatic rings. The lowest BCUT2D eigenvalue weighted by Crippen LogP contribution is -2.31. The third-order valence-electron chi connectivity index (χ3n) is 5.67. The zero-order valence-electron chi connectivity index (χ0n) is 20.5. The summed E-state index contributed by atoms with van der Waals surface area (Å²) in [5, 5.41) is 13.2. The first kappa shape index (κ1) is 27.4. The van der Waals surface area contributed by atoms with Gasteiger partial charge in [-0.05, 0) is 67.4 Å². The highest BCUT2D eigenvalue weighted by atomic mass is 35.5. The molecular formula is C28H23Cl2N3O4S. The molecule has 10 heteroatoms. The Bertz CT molecular complexity index is 1440. The van der Waals surface area contributed by atoms with E-state index in [4.69, 9.17) is 32.7 Å². The number of hydrogen-bond donors (Lipinski definition) is 1. The SMILES string of the molecule is CCOc1ccc(N2C(=O)C(Cc3ccc(Cl)c(Cl)c3)S/C2=C(/C#N)C(=O)Nc2ccccc2OC)cc1. The summed E-state index contributed by atoms with van der Waals surface area (Å²) in [5.41, 5.74) is 1.52. The van der Waals surface area contributed by atoms with E-state index in [0.717, 1.165) is 17.3 Å². The smallest absolute Gasteiger partial charge is 0.269 e. The van der Waals surface area contributed by atoms with Crippen molar-refractivity contribution in [3.05, 3.63) is 92.9 Å². The average molecular weight is 568 g/mol. The van der Waals surface area contributed by atoms with Crippen LogP contribution in [0.4, 0.5) is 11.4 Å². The second kappa shape index (κ2) is 12.3. The third-order valence-corrected chi connectivity index (χ3v) is 7.67. The van der Waals surface area contributed by atoms with Gasteiger partial charge in [0.05, 0.1) is 34.7 Å². The van der Waals surface area contributed by atoms with Gasteiger partial charge < -0.3 is 14.8 Å². The molecule has 0 aliphatic carbocycles. The molecule has 3 aromatic carbocycles. The van der Waals surface area contributed by atoms with Crippen molar-refractivity contribution in [1.29, 1.82) is 5.26 Å². The first-order chi connectivity index (χ1) is 18.4. The summed E-state index contributed by atoms with van der Waals surface area (Å²) in [6.07, 6.45) is 0.324. The van der Waals surface area contributed by atoms with E-state index in [9.17, 15) is 14.9 Å². The number of amides is 2. The van der Waals surface area contributed by atoms with Gasteiger partial charge in [0.15, 0.2) is 0 Å². The molecule has 1 fully saturated rings. The van der Waals surface area contributed by atoms with Crippen LogP contribution < -0.4 is 19.7 Å². The molecule has 7 nitrogen and oxygen atoms in total. The van der Waals surface area contributed by atoms with Crippen molar-refractivity contribution in [3.8, 4) is 17.6 Å². The fourth-order valence-electron chi connectivity index (χ4n) is 3.89. The van der Waals surface area contributed by atoms with E-state index < -0.39 is 11.2 Å². The van der Waals surface area contributed by atoms with Gasteiger partial charge >= 0.3 is 0 Å². The lowest BCUT2D eigenvalue weighted by atomic mass is 10.1. The van der Waals surface area contributed by atoms with Crippen LogP contribution in [-0.2, 0) is 16.0 Å². The molecule has 0 aromatic heterocycles. The maximum absolute atomic E-state index is 13.7. The van der Waals surface area contributed by atoms with Crippen LogP contribution in [0.1, 0.15) is 12.5 Å². The van der Waals surface area contributed by atoms with Crippen LogP contribution in [0.2, 0.25) is 10.0 Å². The Morgan fingerprint density at radius 1 is 1.11 bits per heavy atom. The topological polar surface area (TPSA) is 91.7 Å². The van der Waals surface area contributed by atoms with Crippen molar-refractivity contribution >= 4 is 58.2 Å². The first-order valence-electron chi connectivity index (χ1n) is 11.6. The van der Waals surface area contributed by atoms with Gasteiger partial charge in [-0.1, -0.05) is 53.2 Å². The standard InChI is InChI=1S/C28H23Cl2N3O4S/c1-3-37-19-11-9-18(10-12-19)33-27(35)25(15-17-8-13-21(29)22(30)14-17)38-28(33)20(16-31)26(34)32-23-6-4-5-7-24(23)36-2/h4-14,25H,3,15H2,1-2H3,(H,32,34)/b28-20-. The molecule has 38 heavy (non-hydrogen) atoms. The van der Waals surface area contributed by atoms with Gasteiger partial charge in [-0.15, -0.1) is 0 Å². The molecule has 4 rings (SSSR count). The van der Waals surface area contributed by atoms with E-state index >= 15 is 0 Å². The number of hydrogen-bond acceptors (Lipinski definition) is 6. The maximum Gasteiger partial charge on any atom is 0.269 e. The second-order valence-corrected chi connectivity index (χ2v) is 10.1. The number of rotatable bonds is 8. The average Bonchev–Trinajstić information content (AvgIpc) is 3.22. The van der Waals surface area contributed by atoms with Gasteiger partial charge in [-0.3, -0.25) is 14.5 Å². The number of nitrogens with zero attached hydrogens (tertiary/aromatic N) is 2. The molecule has 1 unspecified atom stereocenters. The number of nitrogens with one attached hydrogen (secondary N) is 1. The highest BCUT2D eigenvalue weighted by molar-refractivity contribution is 8.05. The van der Waals surface area contributed by atoms with Crippen LogP contribution in [0, 0.1) is 11.3 Å². The number of methoxy groups -OCH3 is 1. The fraction of sp³-hybridized carbons (Fsp3) is 0.179. The predicted molar refractivity (Wildman–Crippen MR) is 151 cm³/mol. The molecule has 3 aromatic rings. The predicted octanol–water partition coefficient (Wildman–Crippen LogP) is 6.47. The van der Waals surface area contributed by atoms with Crippen LogP contribution in [0.3, 0.4) is 0 Å². The first-order valence-corrected chi connectivity index (χ1v) is 13.3. The Kier molecular flexibility index (Phi) is 8.85. The van der Waals surface area contributed by atoms with Crippen LogP contribution in [0.15, 0.2) is 77.3 Å². The minimum absolute atomic E-state index is 0.195. The van der Waals surface area contributed by atoms with Gasteiger partial charge in [-0.2, -0.15) is 5.26 Å². The maximum atomic E-state index is 13.7. The molecule has 1 heterocycles. The normalized spacial score (nSPS) is 16.1. The fourth-order valence-corrected chi connectivity index (χ4v) is 5.52. The van der Waals surface area contributed by atoms with E-state index in [1.165, 1.54) is 12.0 Å². The highest BCUT2D eigenvalue weighted by Crippen LogP contribution is 2.43. The Morgan fingerprint density at radius 2 is 1.84 bits per heavy atom. The lowest BCUT2D eigenvalue weighted by Gasteiger charge is -2.19. The number of benzene rings is 3. The van der Waals surface area contributed by atoms with Gasteiger partial charge in [0.25, 0.3) is 5.91 Å². The summed E-state index contributed by atoms with van der Waals surface area (Å²) < 4.78 is 10.8. The minimum Gasteiger partial charge on any atom is -0.495 e. The highest BCUT2D eigenvalue weighted by Gasteiger charge is 2.41. The van der Waals surface area contributed by atoms with Gasteiger partial charge in [0.2, 0.25) is 5.91 Å². The van der Waals surface area contributed by atoms with Gasteiger partial charge in [0.1, 0.15) is 28.2 Å². The third kappa shape index (κ3) is 5.91. The summed E-state index contributed by atoms with van der Waals surface area (Å²) in [5.74, 6) is 0.165. The monoisotopic (exact) mass is 567 g/mol. The van der Waals surface area contributed by atoms with E-state index in [1.54, 1.807) is 66.7 Å². The van der Waals surface area contributed by atoms with Crippen molar-refractivity contribution in [2.24, 2.45) is 0 Å². The summed E-state index contributed by atoms with van der Waals surface area (Å²) in [7, 11) is 1.49. The van der Waals surface area contributed by atoms with Crippen molar-refractivity contribution in [2.75, 3.05) is 23.9 Å². The molecule has 1 atom stereocenters. The van der Waals surface area contributed by atoms with Crippen molar-refractivity contribution in [3.63, 3.8) is 0 Å². The quantitative estimate of drug-likeness (QED) is 0.248. The molecule has 1 aliphatic heterocycles. The second-order valence-electron chi connectivity index (χ2n) is 8.11. The van der Waals surface area contributed by atoms with E-state index in [0.29, 0.717) is 45.9 Å². The molecule has 0 radical (unpaired) electrons. The van der Waals surface area contributed by atoms with Crippen LogP contribution in [0.5, 0.6) is 11.5 Å². The molecule has 1 N–H and O–H groups in total. The number of thioether (sulfide) groups is 1. The molecule has 0 saturated carbocycles. The van der Waals surface area contributed by atoms with E-state index in [-0.39, 0.29) is 16.5 Å². The molecule has 0 spiro atoms. The van der Waals surface area contributed by atoms with Crippen molar-refractivity contribution in [1.82, 2.24) is 0 Å². The molecule has 1 saturated heterocycles. The molecule has 0 bridgehead atoms. The number of para-hydroxylation sites is 2. The Labute approximate surface area is 234 Å². The summed E-state index contributed by atoms with van der Waals surface area (Å²) in [4.78, 5) is 28.4. The number of anilines is 2. The number of carbonyl (C=O) groups is 2. The number of nitriles is 1. The largest absolute Gasteiger partial charge is 0.495 e. The van der Waals surface area contributed by atoms with E-state index in [1.807, 2.05) is 13.0 Å². The number of ether oxygens (including phenoxy) is 2. The van der Waals surface area contributed by atoms with Crippen LogP contribution >= 0.6 is 35.0 Å². The zero-order chi connectivity index (χ0) is 27.2. The summed E-state index contributed by atoms with van der Waals surface area (Å²) in [6.45, 7) is 2.37. The Balaban J connectivity index is 1.73. The number of halogens is 2. The summed E-state index contributed by atoms with van der Waals surface area (Å²) >= 11 is 13.4.